The molecule has 0 saturated heterocycles. The number of carbonyl (C=O) groups is 2. The van der Waals surface area contributed by atoms with E-state index < -0.39 is 12.1 Å². The lowest BCUT2D eigenvalue weighted by atomic mass is 10.1. The molecule has 0 saturated carbocycles. The van der Waals surface area contributed by atoms with Crippen LogP contribution in [0, 0.1) is 6.92 Å². The zero-order valence-electron chi connectivity index (χ0n) is 11.9. The van der Waals surface area contributed by atoms with E-state index in [0.29, 0.717) is 24.3 Å². The van der Waals surface area contributed by atoms with Crippen LogP contribution in [0.2, 0.25) is 0 Å². The molecule has 1 unspecified atom stereocenters. The topological polar surface area (TPSA) is 52.6 Å². The molecule has 1 aromatic rings. The average Bonchev–Trinajstić information content (AvgIpc) is 2.35. The summed E-state index contributed by atoms with van der Waals surface area (Å²) < 4.78 is 10.6. The minimum absolute atomic E-state index is 0.0892. The molecule has 0 fully saturated rings. The number of hydrogen-bond donors (Lipinski definition) is 0. The first kappa shape index (κ1) is 15.2. The van der Waals surface area contributed by atoms with Crippen LogP contribution in [-0.4, -0.2) is 24.5 Å². The Labute approximate surface area is 113 Å². The van der Waals surface area contributed by atoms with E-state index in [1.165, 1.54) is 6.92 Å². The molecule has 0 aliphatic rings. The second-order valence-corrected chi connectivity index (χ2v) is 4.32. The van der Waals surface area contributed by atoms with E-state index in [9.17, 15) is 9.59 Å². The van der Waals surface area contributed by atoms with Gasteiger partial charge in [0.25, 0.3) is 0 Å². The summed E-state index contributed by atoms with van der Waals surface area (Å²) in [4.78, 5) is 23.3. The van der Waals surface area contributed by atoms with Gasteiger partial charge in [-0.25, -0.2) is 4.79 Å². The molecule has 0 N–H and O–H groups in total. The van der Waals surface area contributed by atoms with Crippen molar-refractivity contribution in [1.29, 1.82) is 0 Å². The van der Waals surface area contributed by atoms with Gasteiger partial charge in [0.15, 0.2) is 11.9 Å². The molecular formula is C15H20O4. The van der Waals surface area contributed by atoms with Crippen molar-refractivity contribution in [3.63, 3.8) is 0 Å². The first-order valence-electron chi connectivity index (χ1n) is 6.44. The molecule has 0 aliphatic carbocycles. The number of rotatable bonds is 6. The smallest absolute Gasteiger partial charge is 0.347 e. The van der Waals surface area contributed by atoms with Gasteiger partial charge in [0, 0.05) is 0 Å². The monoisotopic (exact) mass is 264 g/mol. The molecule has 0 aromatic heterocycles. The molecular weight excluding hydrogens is 244 g/mol. The maximum Gasteiger partial charge on any atom is 0.347 e. The number of aryl methyl sites for hydroxylation is 1. The second-order valence-electron chi connectivity index (χ2n) is 4.32. The minimum atomic E-state index is -0.681. The van der Waals surface area contributed by atoms with Gasteiger partial charge in [-0.2, -0.15) is 0 Å². The summed E-state index contributed by atoms with van der Waals surface area (Å²) in [6.07, 6.45) is -0.190. The van der Waals surface area contributed by atoms with Crippen LogP contribution < -0.4 is 4.74 Å². The van der Waals surface area contributed by atoms with Gasteiger partial charge in [-0.05, 0) is 44.9 Å². The van der Waals surface area contributed by atoms with Crippen LogP contribution in [0.4, 0.5) is 0 Å². The van der Waals surface area contributed by atoms with Gasteiger partial charge >= 0.3 is 5.97 Å². The lowest BCUT2D eigenvalue weighted by molar-refractivity contribution is -0.151. The van der Waals surface area contributed by atoms with Crippen molar-refractivity contribution in [3.05, 3.63) is 29.3 Å². The van der Waals surface area contributed by atoms with Crippen molar-refractivity contribution in [1.82, 2.24) is 0 Å². The van der Waals surface area contributed by atoms with E-state index in [-0.39, 0.29) is 5.78 Å². The third-order valence-corrected chi connectivity index (χ3v) is 2.71. The van der Waals surface area contributed by atoms with E-state index in [0.717, 1.165) is 5.56 Å². The van der Waals surface area contributed by atoms with Crippen LogP contribution in [0.5, 0.6) is 5.75 Å². The van der Waals surface area contributed by atoms with Crippen molar-refractivity contribution in [2.24, 2.45) is 0 Å². The Hall–Kier alpha value is -1.84. The second kappa shape index (κ2) is 6.92. The number of Topliss-reactive ketones (excluding diaryl/α,β-unsaturated/α-hetero) is 1. The Bertz CT molecular complexity index is 465. The van der Waals surface area contributed by atoms with E-state index in [1.54, 1.807) is 19.1 Å². The van der Waals surface area contributed by atoms with Gasteiger partial charge in [0.1, 0.15) is 5.75 Å². The average molecular weight is 264 g/mol. The summed E-state index contributed by atoms with van der Waals surface area (Å²) in [6.45, 7) is 7.28. The molecule has 104 valence electrons. The number of benzene rings is 1. The Balaban J connectivity index is 2.99. The molecule has 1 rings (SSSR count). The Morgan fingerprint density at radius 1 is 1.26 bits per heavy atom. The van der Waals surface area contributed by atoms with Crippen molar-refractivity contribution < 1.29 is 19.1 Å². The van der Waals surface area contributed by atoms with Crippen molar-refractivity contribution in [3.8, 4) is 5.75 Å². The molecule has 1 aromatic carbocycles. The molecule has 0 radical (unpaired) electrons. The quantitative estimate of drug-likeness (QED) is 0.585. The fraction of sp³-hybridized carbons (Fsp3) is 0.467. The fourth-order valence-electron chi connectivity index (χ4n) is 1.70. The predicted molar refractivity (Wildman–Crippen MR) is 72.5 cm³/mol. The lowest BCUT2D eigenvalue weighted by Crippen LogP contribution is -2.29. The van der Waals surface area contributed by atoms with E-state index >= 15 is 0 Å². The maximum atomic E-state index is 11.7. The first-order valence-corrected chi connectivity index (χ1v) is 6.44. The number of ether oxygens (including phenoxy) is 2. The molecule has 0 spiro atoms. The standard InChI is InChI=1S/C15H20O4/c1-5-13(15(17)18-6-2)19-14-9-10(3)7-8-12(14)11(4)16/h7-9,13H,5-6H2,1-4H3. The number of esters is 1. The summed E-state index contributed by atoms with van der Waals surface area (Å²) in [5.41, 5.74) is 1.45. The molecule has 4 nitrogen and oxygen atoms in total. The largest absolute Gasteiger partial charge is 0.478 e. The SMILES string of the molecule is CCOC(=O)C(CC)Oc1cc(C)ccc1C(C)=O. The lowest BCUT2D eigenvalue weighted by Gasteiger charge is -2.18. The third-order valence-electron chi connectivity index (χ3n) is 2.71. The maximum absolute atomic E-state index is 11.7. The first-order chi connectivity index (χ1) is 8.99. The highest BCUT2D eigenvalue weighted by Gasteiger charge is 2.21. The Morgan fingerprint density at radius 3 is 2.47 bits per heavy atom. The molecule has 0 bridgehead atoms. The van der Waals surface area contributed by atoms with E-state index in [1.807, 2.05) is 19.9 Å². The van der Waals surface area contributed by atoms with Crippen molar-refractivity contribution >= 4 is 11.8 Å². The zero-order chi connectivity index (χ0) is 14.4. The van der Waals surface area contributed by atoms with Crippen LogP contribution in [-0.2, 0) is 9.53 Å². The molecule has 1 atom stereocenters. The summed E-state index contributed by atoms with van der Waals surface area (Å²) >= 11 is 0. The third kappa shape index (κ3) is 4.09. The van der Waals surface area contributed by atoms with Gasteiger partial charge in [-0.15, -0.1) is 0 Å². The summed E-state index contributed by atoms with van der Waals surface area (Å²) in [5.74, 6) is -0.0536. The number of carbonyl (C=O) groups excluding carboxylic acids is 2. The van der Waals surface area contributed by atoms with Gasteiger partial charge in [-0.3, -0.25) is 4.79 Å². The van der Waals surface area contributed by atoms with Gasteiger partial charge < -0.3 is 9.47 Å². The van der Waals surface area contributed by atoms with Gasteiger partial charge in [0.2, 0.25) is 0 Å². The van der Waals surface area contributed by atoms with Crippen LogP contribution in [0.1, 0.15) is 43.1 Å². The highest BCUT2D eigenvalue weighted by molar-refractivity contribution is 5.97. The van der Waals surface area contributed by atoms with Crippen LogP contribution >= 0.6 is 0 Å². The van der Waals surface area contributed by atoms with Crippen LogP contribution in [0.25, 0.3) is 0 Å². The van der Waals surface area contributed by atoms with Crippen LogP contribution in [0.3, 0.4) is 0 Å². The predicted octanol–water partition coefficient (Wildman–Crippen LogP) is 2.92. The summed E-state index contributed by atoms with van der Waals surface area (Å²) in [5, 5.41) is 0. The highest BCUT2D eigenvalue weighted by Crippen LogP contribution is 2.23. The molecule has 0 aliphatic heterocycles. The number of hydrogen-bond acceptors (Lipinski definition) is 4. The zero-order valence-corrected chi connectivity index (χ0v) is 11.9. The summed E-state index contributed by atoms with van der Waals surface area (Å²) in [6, 6.07) is 5.32. The minimum Gasteiger partial charge on any atom is -0.478 e. The summed E-state index contributed by atoms with van der Waals surface area (Å²) in [7, 11) is 0. The van der Waals surface area contributed by atoms with E-state index in [2.05, 4.69) is 0 Å². The van der Waals surface area contributed by atoms with E-state index in [4.69, 9.17) is 9.47 Å². The van der Waals surface area contributed by atoms with Crippen molar-refractivity contribution in [2.75, 3.05) is 6.61 Å². The molecule has 4 heteroatoms. The normalized spacial score (nSPS) is 11.8. The fourth-order valence-corrected chi connectivity index (χ4v) is 1.70. The van der Waals surface area contributed by atoms with Gasteiger partial charge in [-0.1, -0.05) is 13.0 Å². The highest BCUT2D eigenvalue weighted by atomic mass is 16.6. The number of ketones is 1. The van der Waals surface area contributed by atoms with Gasteiger partial charge in [0.05, 0.1) is 12.2 Å². The molecule has 19 heavy (non-hydrogen) atoms. The Kier molecular flexibility index (Phi) is 5.55. The molecule has 0 heterocycles. The molecule has 0 amide bonds. The van der Waals surface area contributed by atoms with Crippen LogP contribution in [0.15, 0.2) is 18.2 Å². The Morgan fingerprint density at radius 2 is 1.95 bits per heavy atom. The van der Waals surface area contributed by atoms with Crippen molar-refractivity contribution in [2.45, 2.75) is 40.2 Å².